The van der Waals surface area contributed by atoms with Crippen molar-refractivity contribution in [2.75, 3.05) is 24.6 Å². The third-order valence-electron chi connectivity index (χ3n) is 5.29. The maximum atomic E-state index is 13.4. The highest BCUT2D eigenvalue weighted by Gasteiger charge is 2.23. The third kappa shape index (κ3) is 4.86. The Labute approximate surface area is 196 Å². The second kappa shape index (κ2) is 9.52. The molecule has 0 fully saturated rings. The van der Waals surface area contributed by atoms with E-state index in [2.05, 4.69) is 15.1 Å². The van der Waals surface area contributed by atoms with E-state index in [-0.39, 0.29) is 22.8 Å². The molecule has 2 N–H and O–H groups in total. The monoisotopic (exact) mass is 482 g/mol. The number of carbonyl (C=O) groups is 1. The molecule has 0 spiro atoms. The molecule has 1 amide bonds. The van der Waals surface area contributed by atoms with E-state index in [0.29, 0.717) is 23.2 Å². The highest BCUT2D eigenvalue weighted by Crippen LogP contribution is 2.33. The van der Waals surface area contributed by atoms with E-state index in [1.807, 2.05) is 30.3 Å². The predicted molar refractivity (Wildman–Crippen MR) is 128 cm³/mol. The number of anilines is 1. The lowest BCUT2D eigenvalue weighted by molar-refractivity contribution is 0.0965. The van der Waals surface area contributed by atoms with Gasteiger partial charge in [0, 0.05) is 18.7 Å². The number of hydrogen-bond donors (Lipinski definition) is 2. The summed E-state index contributed by atoms with van der Waals surface area (Å²) in [7, 11) is -0.807. The molecule has 0 aliphatic heterocycles. The van der Waals surface area contributed by atoms with Crippen LogP contribution in [0.15, 0.2) is 66.9 Å². The molecule has 0 saturated carbocycles. The highest BCUT2D eigenvalue weighted by molar-refractivity contribution is 7.92. The molecule has 8 nitrogen and oxygen atoms in total. The van der Waals surface area contributed by atoms with Crippen LogP contribution in [0.5, 0.6) is 5.75 Å². The summed E-state index contributed by atoms with van der Waals surface area (Å²) in [5, 5.41) is 7.07. The molecule has 2 heterocycles. The molecule has 4 rings (SSSR count). The smallest absolute Gasteiger partial charge is 0.255 e. The topological polar surface area (TPSA) is 102 Å². The Kier molecular flexibility index (Phi) is 6.51. The molecule has 34 heavy (non-hydrogen) atoms. The molecular weight excluding hydrogens is 459 g/mol. The van der Waals surface area contributed by atoms with Crippen molar-refractivity contribution < 1.29 is 22.3 Å². The third-order valence-corrected chi connectivity index (χ3v) is 6.56. The molecule has 0 atom stereocenters. The van der Waals surface area contributed by atoms with Crippen molar-refractivity contribution in [2.24, 2.45) is 0 Å². The van der Waals surface area contributed by atoms with E-state index in [1.165, 1.54) is 49.1 Å². The number of nitrogens with zero attached hydrogens (tertiary/aromatic N) is 2. The van der Waals surface area contributed by atoms with E-state index in [9.17, 15) is 17.6 Å². The maximum Gasteiger partial charge on any atom is 0.255 e. The summed E-state index contributed by atoms with van der Waals surface area (Å²) in [6.07, 6.45) is 1.80. The normalized spacial score (nSPS) is 11.4. The van der Waals surface area contributed by atoms with Crippen LogP contribution in [0.3, 0.4) is 0 Å². The number of methoxy groups -OCH3 is 1. The van der Waals surface area contributed by atoms with Gasteiger partial charge in [0.25, 0.3) is 5.91 Å². The Morgan fingerprint density at radius 3 is 2.47 bits per heavy atom. The number of carbonyl (C=O) groups excluding carboxylic acids is 1. The zero-order valence-electron chi connectivity index (χ0n) is 18.6. The van der Waals surface area contributed by atoms with Crippen LogP contribution < -0.4 is 14.8 Å². The molecule has 0 unspecified atom stereocenters. The average Bonchev–Trinajstić information content (AvgIpc) is 3.21. The number of benzene rings is 2. The fourth-order valence-corrected chi connectivity index (χ4v) is 4.69. The SMILES string of the molecule is CNC(=O)c1c(-c2ccc(F)cc2)nn2cc(NS(=O)(=O)CCc3ccccc3)c(OC)cc12. The lowest BCUT2D eigenvalue weighted by atomic mass is 10.1. The molecule has 0 aliphatic carbocycles. The summed E-state index contributed by atoms with van der Waals surface area (Å²) < 4.78 is 48.3. The van der Waals surface area contributed by atoms with Crippen molar-refractivity contribution in [3.05, 3.63) is 83.8 Å². The molecule has 176 valence electrons. The Morgan fingerprint density at radius 2 is 1.82 bits per heavy atom. The van der Waals surface area contributed by atoms with Crippen LogP contribution in [0, 0.1) is 5.82 Å². The summed E-state index contributed by atoms with van der Waals surface area (Å²) >= 11 is 0. The van der Waals surface area contributed by atoms with Gasteiger partial charge in [0.1, 0.15) is 22.9 Å². The number of hydrogen-bond acceptors (Lipinski definition) is 5. The summed E-state index contributed by atoms with van der Waals surface area (Å²) in [5.41, 5.74) is 2.60. The number of aromatic nitrogens is 2. The standard InChI is InChI=1S/C24H23FN4O4S/c1-26-24(30)22-20-14-21(33-2)19(28-34(31,32)13-12-16-6-4-3-5-7-16)15-29(20)27-23(22)17-8-10-18(25)11-9-17/h3-11,14-15,28H,12-13H2,1-2H3,(H,26,30). The molecule has 0 radical (unpaired) electrons. The van der Waals surface area contributed by atoms with Crippen LogP contribution >= 0.6 is 0 Å². The van der Waals surface area contributed by atoms with Gasteiger partial charge in [-0.2, -0.15) is 5.10 Å². The number of fused-ring (bicyclic) bond motifs is 1. The van der Waals surface area contributed by atoms with Crippen molar-refractivity contribution in [1.29, 1.82) is 0 Å². The maximum absolute atomic E-state index is 13.4. The van der Waals surface area contributed by atoms with Crippen molar-refractivity contribution in [3.8, 4) is 17.0 Å². The van der Waals surface area contributed by atoms with Crippen LogP contribution in [-0.2, 0) is 16.4 Å². The van der Waals surface area contributed by atoms with E-state index >= 15 is 0 Å². The van der Waals surface area contributed by atoms with Gasteiger partial charge in [0.2, 0.25) is 10.0 Å². The Morgan fingerprint density at radius 1 is 1.12 bits per heavy atom. The number of halogens is 1. The fraction of sp³-hybridized carbons (Fsp3) is 0.167. The fourth-order valence-electron chi connectivity index (χ4n) is 3.59. The molecule has 0 aliphatic rings. The van der Waals surface area contributed by atoms with Crippen molar-refractivity contribution in [2.45, 2.75) is 6.42 Å². The van der Waals surface area contributed by atoms with Gasteiger partial charge in [-0.15, -0.1) is 0 Å². The van der Waals surface area contributed by atoms with Crippen molar-refractivity contribution in [1.82, 2.24) is 14.9 Å². The van der Waals surface area contributed by atoms with Crippen LogP contribution in [0.4, 0.5) is 10.1 Å². The first-order valence-electron chi connectivity index (χ1n) is 10.4. The Hall–Kier alpha value is -3.92. The van der Waals surface area contributed by atoms with Gasteiger partial charge in [-0.1, -0.05) is 30.3 Å². The van der Waals surface area contributed by atoms with Crippen LogP contribution in [0.2, 0.25) is 0 Å². The van der Waals surface area contributed by atoms with Gasteiger partial charge >= 0.3 is 0 Å². The summed E-state index contributed by atoms with van der Waals surface area (Å²) in [6.45, 7) is 0. The quantitative estimate of drug-likeness (QED) is 0.400. The highest BCUT2D eigenvalue weighted by atomic mass is 32.2. The molecule has 0 saturated heterocycles. The summed E-state index contributed by atoms with van der Waals surface area (Å²) in [4.78, 5) is 12.7. The molecule has 2 aromatic carbocycles. The Balaban J connectivity index is 1.74. The lowest BCUT2D eigenvalue weighted by Crippen LogP contribution is -2.19. The minimum absolute atomic E-state index is 0.123. The number of pyridine rings is 1. The van der Waals surface area contributed by atoms with Crippen LogP contribution in [0.25, 0.3) is 16.8 Å². The van der Waals surface area contributed by atoms with E-state index in [0.717, 1.165) is 5.56 Å². The van der Waals surface area contributed by atoms with Crippen LogP contribution in [-0.4, -0.2) is 43.8 Å². The molecule has 2 aromatic heterocycles. The zero-order chi connectivity index (χ0) is 24.3. The van der Waals surface area contributed by atoms with Gasteiger partial charge in [-0.25, -0.2) is 17.3 Å². The van der Waals surface area contributed by atoms with Gasteiger partial charge in [0.15, 0.2) is 0 Å². The summed E-state index contributed by atoms with van der Waals surface area (Å²) in [5.74, 6) is -0.705. The number of sulfonamides is 1. The number of ether oxygens (including phenoxy) is 1. The van der Waals surface area contributed by atoms with Crippen LogP contribution in [0.1, 0.15) is 15.9 Å². The number of nitrogens with one attached hydrogen (secondary N) is 2. The van der Waals surface area contributed by atoms with Gasteiger partial charge in [-0.05, 0) is 36.2 Å². The first-order valence-corrected chi connectivity index (χ1v) is 12.1. The summed E-state index contributed by atoms with van der Waals surface area (Å²) in [6, 6.07) is 16.4. The number of amides is 1. The zero-order valence-corrected chi connectivity index (χ0v) is 19.4. The minimum Gasteiger partial charge on any atom is -0.494 e. The number of aryl methyl sites for hydroxylation is 1. The van der Waals surface area contributed by atoms with Crippen molar-refractivity contribution >= 4 is 27.1 Å². The largest absolute Gasteiger partial charge is 0.494 e. The lowest BCUT2D eigenvalue weighted by Gasteiger charge is -2.13. The van der Waals surface area contributed by atoms with Gasteiger partial charge in [-0.3, -0.25) is 9.52 Å². The molecule has 4 aromatic rings. The second-order valence-corrected chi connectivity index (χ2v) is 9.39. The van der Waals surface area contributed by atoms with Gasteiger partial charge < -0.3 is 10.1 Å². The number of rotatable bonds is 8. The first-order chi connectivity index (χ1) is 16.3. The van der Waals surface area contributed by atoms with Gasteiger partial charge in [0.05, 0.1) is 30.1 Å². The Bertz CT molecular complexity index is 1440. The average molecular weight is 483 g/mol. The molecule has 10 heteroatoms. The van der Waals surface area contributed by atoms with Crippen molar-refractivity contribution in [3.63, 3.8) is 0 Å². The van der Waals surface area contributed by atoms with E-state index in [1.54, 1.807) is 6.07 Å². The van der Waals surface area contributed by atoms with E-state index in [4.69, 9.17) is 4.74 Å². The van der Waals surface area contributed by atoms with E-state index < -0.39 is 21.7 Å². The minimum atomic E-state index is -3.71. The molecular formula is C24H23FN4O4S. The molecule has 0 bridgehead atoms. The predicted octanol–water partition coefficient (Wildman–Crippen LogP) is 3.49. The first kappa shape index (κ1) is 23.2. The second-order valence-electron chi connectivity index (χ2n) is 7.55.